The molecule has 1 heterocycles. The molecule has 120 valence electrons. The lowest BCUT2D eigenvalue weighted by molar-refractivity contribution is 0.579. The van der Waals surface area contributed by atoms with Gasteiger partial charge in [-0.3, -0.25) is 0 Å². The highest BCUT2D eigenvalue weighted by Crippen LogP contribution is 2.35. The van der Waals surface area contributed by atoms with Crippen molar-refractivity contribution in [3.8, 4) is 0 Å². The highest BCUT2D eigenvalue weighted by molar-refractivity contribution is 7.91. The van der Waals surface area contributed by atoms with Crippen LogP contribution in [0.3, 0.4) is 0 Å². The minimum absolute atomic E-state index is 0.0627. The molecule has 0 fully saturated rings. The molecular weight excluding hydrogens is 330 g/mol. The van der Waals surface area contributed by atoms with Crippen LogP contribution in [0.15, 0.2) is 59.6 Å². The third kappa shape index (κ3) is 2.89. The minimum Gasteiger partial charge on any atom is -0.339 e. The molecule has 0 saturated heterocycles. The van der Waals surface area contributed by atoms with Gasteiger partial charge >= 0.3 is 0 Å². The van der Waals surface area contributed by atoms with Crippen LogP contribution in [0.25, 0.3) is 10.9 Å². The SMILES string of the molecule is CCC(c1ccccc1)n1cc(S(C)(=O)=O)c2c(Cl)cccc21. The molecule has 0 saturated carbocycles. The second kappa shape index (κ2) is 6.02. The summed E-state index contributed by atoms with van der Waals surface area (Å²) in [5, 5.41) is 1.07. The summed E-state index contributed by atoms with van der Waals surface area (Å²) >= 11 is 6.30. The lowest BCUT2D eigenvalue weighted by Gasteiger charge is -2.19. The van der Waals surface area contributed by atoms with E-state index in [1.54, 1.807) is 12.3 Å². The number of hydrogen-bond acceptors (Lipinski definition) is 2. The van der Waals surface area contributed by atoms with Gasteiger partial charge in [-0.25, -0.2) is 8.42 Å². The molecule has 3 aromatic rings. The van der Waals surface area contributed by atoms with E-state index < -0.39 is 9.84 Å². The van der Waals surface area contributed by atoms with Crippen LogP contribution in [-0.4, -0.2) is 19.2 Å². The van der Waals surface area contributed by atoms with Crippen LogP contribution in [-0.2, 0) is 9.84 Å². The molecule has 0 bridgehead atoms. The maximum Gasteiger partial charge on any atom is 0.177 e. The smallest absolute Gasteiger partial charge is 0.177 e. The first kappa shape index (κ1) is 16.1. The minimum atomic E-state index is -3.36. The first-order valence-corrected chi connectivity index (χ1v) is 9.74. The predicted molar refractivity (Wildman–Crippen MR) is 94.9 cm³/mol. The van der Waals surface area contributed by atoms with E-state index in [0.717, 1.165) is 17.5 Å². The van der Waals surface area contributed by atoms with E-state index in [2.05, 4.69) is 19.1 Å². The van der Waals surface area contributed by atoms with Crippen molar-refractivity contribution < 1.29 is 8.42 Å². The summed E-state index contributed by atoms with van der Waals surface area (Å²) in [6.45, 7) is 2.09. The average Bonchev–Trinajstić information content (AvgIpc) is 2.91. The Bertz CT molecular complexity index is 946. The van der Waals surface area contributed by atoms with Gasteiger partial charge in [0.25, 0.3) is 0 Å². The van der Waals surface area contributed by atoms with Crippen LogP contribution >= 0.6 is 11.6 Å². The zero-order valence-electron chi connectivity index (χ0n) is 13.0. The summed E-state index contributed by atoms with van der Waals surface area (Å²) in [6.07, 6.45) is 3.79. The normalized spacial score (nSPS) is 13.3. The van der Waals surface area contributed by atoms with Crippen molar-refractivity contribution in [1.82, 2.24) is 4.57 Å². The quantitative estimate of drug-likeness (QED) is 0.686. The van der Waals surface area contributed by atoms with Gasteiger partial charge in [-0.2, -0.15) is 0 Å². The fourth-order valence-corrected chi connectivity index (χ4v) is 4.26. The Morgan fingerprint density at radius 3 is 2.39 bits per heavy atom. The van der Waals surface area contributed by atoms with Gasteiger partial charge in [0, 0.05) is 17.8 Å². The number of rotatable bonds is 4. The van der Waals surface area contributed by atoms with Crippen molar-refractivity contribution in [2.24, 2.45) is 0 Å². The van der Waals surface area contributed by atoms with E-state index >= 15 is 0 Å². The second-order valence-electron chi connectivity index (χ2n) is 5.64. The first-order valence-electron chi connectivity index (χ1n) is 7.47. The molecule has 3 nitrogen and oxygen atoms in total. The first-order chi connectivity index (χ1) is 10.9. The molecule has 5 heteroatoms. The molecule has 2 aromatic carbocycles. The third-order valence-electron chi connectivity index (χ3n) is 4.08. The van der Waals surface area contributed by atoms with E-state index in [-0.39, 0.29) is 10.9 Å². The molecule has 23 heavy (non-hydrogen) atoms. The van der Waals surface area contributed by atoms with Gasteiger partial charge in [-0.15, -0.1) is 0 Å². The molecule has 0 aliphatic heterocycles. The zero-order chi connectivity index (χ0) is 16.6. The van der Waals surface area contributed by atoms with Crippen LogP contribution < -0.4 is 0 Å². The molecule has 0 amide bonds. The van der Waals surface area contributed by atoms with Gasteiger partial charge in [-0.1, -0.05) is 54.9 Å². The molecule has 1 aromatic heterocycles. The molecule has 0 aliphatic carbocycles. The number of benzene rings is 2. The highest BCUT2D eigenvalue weighted by Gasteiger charge is 2.22. The monoisotopic (exact) mass is 347 g/mol. The molecule has 0 N–H and O–H groups in total. The number of sulfone groups is 1. The van der Waals surface area contributed by atoms with Gasteiger partial charge in [0.15, 0.2) is 9.84 Å². The predicted octanol–water partition coefficient (Wildman–Crippen LogP) is 4.70. The molecular formula is C18H18ClNO2S. The standard InChI is InChI=1S/C18H18ClNO2S/c1-3-15(13-8-5-4-6-9-13)20-12-17(23(2,21)22)18-14(19)10-7-11-16(18)20/h4-12,15H,3H2,1-2H3. The molecule has 3 rings (SSSR count). The number of halogens is 1. The maximum absolute atomic E-state index is 12.2. The molecule has 0 spiro atoms. The van der Waals surface area contributed by atoms with Crippen molar-refractivity contribution in [1.29, 1.82) is 0 Å². The summed E-state index contributed by atoms with van der Waals surface area (Å²) in [5.41, 5.74) is 1.99. The largest absolute Gasteiger partial charge is 0.339 e. The zero-order valence-corrected chi connectivity index (χ0v) is 14.6. The van der Waals surface area contributed by atoms with Gasteiger partial charge in [0.05, 0.1) is 21.5 Å². The maximum atomic E-state index is 12.2. The number of aromatic nitrogens is 1. The molecule has 1 unspecified atom stereocenters. The lowest BCUT2D eigenvalue weighted by Crippen LogP contribution is -2.08. The van der Waals surface area contributed by atoms with Crippen LogP contribution in [0.4, 0.5) is 0 Å². The van der Waals surface area contributed by atoms with Crippen LogP contribution in [0, 0.1) is 0 Å². The van der Waals surface area contributed by atoms with E-state index in [4.69, 9.17) is 11.6 Å². The summed E-state index contributed by atoms with van der Waals surface area (Å²) < 4.78 is 26.4. The number of hydrogen-bond donors (Lipinski definition) is 0. The summed E-state index contributed by atoms with van der Waals surface area (Å²) in [6, 6.07) is 15.6. The Labute approximate surface area is 141 Å². The molecule has 0 aliphatic rings. The Morgan fingerprint density at radius 1 is 1.09 bits per heavy atom. The summed E-state index contributed by atoms with van der Waals surface area (Å²) in [5.74, 6) is 0. The Morgan fingerprint density at radius 2 is 1.78 bits per heavy atom. The van der Waals surface area contributed by atoms with Gasteiger partial charge < -0.3 is 4.57 Å². The van der Waals surface area contributed by atoms with E-state index in [1.165, 1.54) is 6.26 Å². The number of fused-ring (bicyclic) bond motifs is 1. The van der Waals surface area contributed by atoms with Crippen LogP contribution in [0.5, 0.6) is 0 Å². The number of nitrogens with zero attached hydrogens (tertiary/aromatic N) is 1. The Kier molecular flexibility index (Phi) is 4.21. The molecule has 0 radical (unpaired) electrons. The average molecular weight is 348 g/mol. The molecule has 1 atom stereocenters. The van der Waals surface area contributed by atoms with E-state index in [9.17, 15) is 8.42 Å². The topological polar surface area (TPSA) is 39.1 Å². The van der Waals surface area contributed by atoms with Gasteiger partial charge in [0.1, 0.15) is 0 Å². The van der Waals surface area contributed by atoms with Crippen molar-refractivity contribution in [3.05, 3.63) is 65.3 Å². The van der Waals surface area contributed by atoms with Crippen molar-refractivity contribution >= 4 is 32.3 Å². The Hall–Kier alpha value is -1.78. The van der Waals surface area contributed by atoms with Crippen molar-refractivity contribution in [3.63, 3.8) is 0 Å². The van der Waals surface area contributed by atoms with E-state index in [0.29, 0.717) is 10.4 Å². The van der Waals surface area contributed by atoms with Gasteiger partial charge in [0.2, 0.25) is 0 Å². The van der Waals surface area contributed by atoms with Crippen LogP contribution in [0.2, 0.25) is 5.02 Å². The Balaban J connectivity index is 2.32. The van der Waals surface area contributed by atoms with Crippen LogP contribution in [0.1, 0.15) is 24.9 Å². The second-order valence-corrected chi connectivity index (χ2v) is 8.03. The fraction of sp³-hybridized carbons (Fsp3) is 0.222. The lowest BCUT2D eigenvalue weighted by atomic mass is 10.0. The van der Waals surface area contributed by atoms with Crippen molar-refractivity contribution in [2.45, 2.75) is 24.3 Å². The van der Waals surface area contributed by atoms with Gasteiger partial charge in [-0.05, 0) is 24.1 Å². The van der Waals surface area contributed by atoms with Crippen molar-refractivity contribution in [2.75, 3.05) is 6.26 Å². The van der Waals surface area contributed by atoms with E-state index in [1.807, 2.05) is 34.9 Å². The summed E-state index contributed by atoms with van der Waals surface area (Å²) in [7, 11) is -3.36. The fourth-order valence-electron chi connectivity index (χ4n) is 3.04. The third-order valence-corrected chi connectivity index (χ3v) is 5.50. The highest BCUT2D eigenvalue weighted by atomic mass is 35.5. The summed E-state index contributed by atoms with van der Waals surface area (Å²) in [4.78, 5) is 0.285.